The van der Waals surface area contributed by atoms with E-state index >= 15 is 0 Å². The minimum atomic E-state index is -0.441. The smallest absolute Gasteiger partial charge is 0.290 e. The van der Waals surface area contributed by atoms with Gasteiger partial charge >= 0.3 is 0 Å². The molecular weight excluding hydrogens is 393 g/mol. The van der Waals surface area contributed by atoms with Crippen LogP contribution in [0.4, 0.5) is 0 Å². The lowest BCUT2D eigenvalue weighted by atomic mass is 9.93. The lowest BCUT2D eigenvalue weighted by Gasteiger charge is -2.28. The Balaban J connectivity index is 1.82. The van der Waals surface area contributed by atoms with Crippen molar-refractivity contribution >= 4 is 34.7 Å². The van der Waals surface area contributed by atoms with Crippen LogP contribution in [0.3, 0.4) is 0 Å². The van der Waals surface area contributed by atoms with Crippen molar-refractivity contribution in [2.45, 2.75) is 12.6 Å². The van der Waals surface area contributed by atoms with Crippen molar-refractivity contribution in [2.24, 2.45) is 0 Å². The standard InChI is InChI=1S/C23H17Cl2NO2/c24-18-12-10-16(11-13-18)21-20(15-6-2-1-3-7-15)22(27)23(28)26(21)14-17-8-4-5-9-19(17)25/h1-13,21,27H,14H2. The molecule has 0 radical (unpaired) electrons. The van der Waals surface area contributed by atoms with E-state index in [4.69, 9.17) is 23.2 Å². The molecule has 1 atom stereocenters. The lowest BCUT2D eigenvalue weighted by Crippen LogP contribution is -2.30. The average Bonchev–Trinajstić information content (AvgIpc) is 2.96. The summed E-state index contributed by atoms with van der Waals surface area (Å²) in [7, 11) is 0. The molecule has 3 nitrogen and oxygen atoms in total. The van der Waals surface area contributed by atoms with Crippen molar-refractivity contribution in [1.82, 2.24) is 4.90 Å². The molecule has 1 aliphatic heterocycles. The molecule has 3 aromatic rings. The van der Waals surface area contributed by atoms with Crippen molar-refractivity contribution in [3.8, 4) is 0 Å². The van der Waals surface area contributed by atoms with E-state index in [0.717, 1.165) is 16.7 Å². The SMILES string of the molecule is O=C1C(O)=C(c2ccccc2)C(c2ccc(Cl)cc2)N1Cc1ccccc1Cl. The number of aliphatic hydroxyl groups excluding tert-OH is 1. The van der Waals surface area contributed by atoms with Gasteiger partial charge in [-0.05, 0) is 34.9 Å². The minimum absolute atomic E-state index is 0.238. The van der Waals surface area contributed by atoms with E-state index in [1.54, 1.807) is 23.1 Å². The monoisotopic (exact) mass is 409 g/mol. The third-order valence-corrected chi connectivity index (χ3v) is 5.49. The van der Waals surface area contributed by atoms with Crippen LogP contribution in [-0.2, 0) is 11.3 Å². The largest absolute Gasteiger partial charge is 0.503 e. The molecule has 140 valence electrons. The first-order chi connectivity index (χ1) is 13.6. The third kappa shape index (κ3) is 3.39. The van der Waals surface area contributed by atoms with Crippen molar-refractivity contribution in [3.63, 3.8) is 0 Å². The molecule has 0 saturated carbocycles. The summed E-state index contributed by atoms with van der Waals surface area (Å²) in [5, 5.41) is 11.9. The summed E-state index contributed by atoms with van der Waals surface area (Å²) in [5.41, 5.74) is 3.07. The van der Waals surface area contributed by atoms with Gasteiger partial charge in [0.2, 0.25) is 0 Å². The Labute approximate surface area is 173 Å². The number of rotatable bonds is 4. The summed E-state index contributed by atoms with van der Waals surface area (Å²) in [6.07, 6.45) is 0. The molecule has 5 heteroatoms. The number of hydrogen-bond acceptors (Lipinski definition) is 2. The zero-order chi connectivity index (χ0) is 19.7. The van der Waals surface area contributed by atoms with Gasteiger partial charge in [-0.3, -0.25) is 4.79 Å². The molecule has 1 unspecified atom stereocenters. The number of halogens is 2. The number of carbonyl (C=O) groups excluding carboxylic acids is 1. The van der Waals surface area contributed by atoms with E-state index in [1.165, 1.54) is 0 Å². The van der Waals surface area contributed by atoms with Gasteiger partial charge in [-0.25, -0.2) is 0 Å². The minimum Gasteiger partial charge on any atom is -0.503 e. The van der Waals surface area contributed by atoms with Crippen LogP contribution in [-0.4, -0.2) is 15.9 Å². The van der Waals surface area contributed by atoms with Gasteiger partial charge in [0.05, 0.1) is 6.04 Å². The summed E-state index contributed by atoms with van der Waals surface area (Å²) in [4.78, 5) is 14.6. The maximum Gasteiger partial charge on any atom is 0.290 e. The van der Waals surface area contributed by atoms with Crippen LogP contribution in [0.15, 0.2) is 84.6 Å². The fraction of sp³-hybridized carbons (Fsp3) is 0.0870. The average molecular weight is 410 g/mol. The van der Waals surface area contributed by atoms with Gasteiger partial charge < -0.3 is 10.0 Å². The fourth-order valence-electron chi connectivity index (χ4n) is 3.53. The third-order valence-electron chi connectivity index (χ3n) is 4.87. The van der Waals surface area contributed by atoms with E-state index in [1.807, 2.05) is 60.7 Å². The second kappa shape index (κ2) is 7.70. The molecule has 0 fully saturated rings. The van der Waals surface area contributed by atoms with Crippen LogP contribution in [0.2, 0.25) is 10.0 Å². The summed E-state index contributed by atoms with van der Waals surface area (Å²) < 4.78 is 0. The van der Waals surface area contributed by atoms with E-state index in [9.17, 15) is 9.90 Å². The van der Waals surface area contributed by atoms with Gasteiger partial charge in [0.15, 0.2) is 5.76 Å². The Morgan fingerprint density at radius 3 is 2.18 bits per heavy atom. The number of nitrogens with zero attached hydrogens (tertiary/aromatic N) is 1. The maximum absolute atomic E-state index is 13.0. The van der Waals surface area contributed by atoms with Crippen molar-refractivity contribution < 1.29 is 9.90 Å². The highest BCUT2D eigenvalue weighted by atomic mass is 35.5. The molecule has 1 N–H and O–H groups in total. The summed E-state index contributed by atoms with van der Waals surface area (Å²) in [6.45, 7) is 0.284. The molecule has 1 aliphatic rings. The highest BCUT2D eigenvalue weighted by molar-refractivity contribution is 6.31. The van der Waals surface area contributed by atoms with Gasteiger partial charge in [0.1, 0.15) is 0 Å². The molecule has 0 aliphatic carbocycles. The second-order valence-corrected chi connectivity index (χ2v) is 7.45. The molecule has 0 saturated heterocycles. The first kappa shape index (κ1) is 18.6. The van der Waals surface area contributed by atoms with Crippen LogP contribution in [0, 0.1) is 0 Å². The number of benzene rings is 3. The number of aliphatic hydroxyl groups is 1. The van der Waals surface area contributed by atoms with Crippen LogP contribution >= 0.6 is 23.2 Å². The predicted molar refractivity (Wildman–Crippen MR) is 112 cm³/mol. The molecular formula is C23H17Cl2NO2. The molecule has 0 spiro atoms. The quantitative estimate of drug-likeness (QED) is 0.569. The van der Waals surface area contributed by atoms with Crippen LogP contribution in [0.1, 0.15) is 22.7 Å². The molecule has 4 rings (SSSR count). The number of hydrogen-bond donors (Lipinski definition) is 1. The molecule has 0 bridgehead atoms. The van der Waals surface area contributed by atoms with Crippen LogP contribution in [0.25, 0.3) is 5.57 Å². The van der Waals surface area contributed by atoms with Crippen molar-refractivity contribution in [1.29, 1.82) is 0 Å². The first-order valence-electron chi connectivity index (χ1n) is 8.84. The highest BCUT2D eigenvalue weighted by Gasteiger charge is 2.41. The first-order valence-corrected chi connectivity index (χ1v) is 9.60. The molecule has 3 aromatic carbocycles. The predicted octanol–water partition coefficient (Wildman–Crippen LogP) is 6.05. The van der Waals surface area contributed by atoms with E-state index < -0.39 is 11.9 Å². The Morgan fingerprint density at radius 2 is 1.50 bits per heavy atom. The molecule has 1 heterocycles. The Kier molecular flexibility index (Phi) is 5.12. The summed E-state index contributed by atoms with van der Waals surface area (Å²) >= 11 is 12.4. The Hall–Kier alpha value is -2.75. The molecule has 1 amide bonds. The zero-order valence-electron chi connectivity index (χ0n) is 14.8. The van der Waals surface area contributed by atoms with Gasteiger partial charge in [-0.15, -0.1) is 0 Å². The van der Waals surface area contributed by atoms with Crippen LogP contribution < -0.4 is 0 Å². The van der Waals surface area contributed by atoms with Crippen LogP contribution in [0.5, 0.6) is 0 Å². The van der Waals surface area contributed by atoms with E-state index in [0.29, 0.717) is 15.6 Å². The molecule has 28 heavy (non-hydrogen) atoms. The topological polar surface area (TPSA) is 40.5 Å². The Morgan fingerprint density at radius 1 is 0.857 bits per heavy atom. The van der Waals surface area contributed by atoms with Gasteiger partial charge in [0.25, 0.3) is 5.91 Å². The normalized spacial score (nSPS) is 16.7. The molecule has 0 aromatic heterocycles. The van der Waals surface area contributed by atoms with Gasteiger partial charge in [-0.2, -0.15) is 0 Å². The van der Waals surface area contributed by atoms with Crippen molar-refractivity contribution in [2.75, 3.05) is 0 Å². The number of carbonyl (C=O) groups is 1. The maximum atomic E-state index is 13.0. The van der Waals surface area contributed by atoms with Gasteiger partial charge in [-0.1, -0.05) is 83.9 Å². The fourth-order valence-corrected chi connectivity index (χ4v) is 3.85. The Bertz CT molecular complexity index is 1050. The highest BCUT2D eigenvalue weighted by Crippen LogP contribution is 2.44. The van der Waals surface area contributed by atoms with E-state index in [-0.39, 0.29) is 12.3 Å². The zero-order valence-corrected chi connectivity index (χ0v) is 16.4. The number of amides is 1. The van der Waals surface area contributed by atoms with Crippen molar-refractivity contribution in [3.05, 3.63) is 111 Å². The van der Waals surface area contributed by atoms with E-state index in [2.05, 4.69) is 0 Å². The van der Waals surface area contributed by atoms with Gasteiger partial charge in [0, 0.05) is 22.2 Å². The summed E-state index contributed by atoms with van der Waals surface area (Å²) in [6, 6.07) is 23.7. The summed E-state index contributed by atoms with van der Waals surface area (Å²) in [5.74, 6) is -0.656. The lowest BCUT2D eigenvalue weighted by molar-refractivity contribution is -0.130. The second-order valence-electron chi connectivity index (χ2n) is 6.61.